The van der Waals surface area contributed by atoms with E-state index in [1.807, 2.05) is 54.6 Å². The van der Waals surface area contributed by atoms with Crippen molar-refractivity contribution in [3.63, 3.8) is 0 Å². The molecule has 2 N–H and O–H groups in total. The van der Waals surface area contributed by atoms with Crippen LogP contribution in [0.3, 0.4) is 0 Å². The van der Waals surface area contributed by atoms with E-state index >= 15 is 0 Å². The van der Waals surface area contributed by atoms with Crippen molar-refractivity contribution >= 4 is 22.4 Å². The number of rotatable bonds is 0. The molecule has 0 amide bonds. The molecule has 0 spiro atoms. The van der Waals surface area contributed by atoms with Gasteiger partial charge in [-0.3, -0.25) is 0 Å². The standard InChI is InChI=1S/C18H13ClO2/c19-16-11-6-2-1-5-10(11)9-14-12-7-3-4-8-13(12)17(20)18(21)15(14)16/h1-9,17-18,20-21H. The molecule has 104 valence electrons. The van der Waals surface area contributed by atoms with Gasteiger partial charge in [-0.2, -0.15) is 0 Å². The van der Waals surface area contributed by atoms with E-state index in [2.05, 4.69) is 0 Å². The number of aliphatic hydroxyl groups excluding tert-OH is 2. The molecule has 3 aromatic carbocycles. The molecular formula is C18H13ClO2. The SMILES string of the molecule is OC1c2ccccc2-c2cc3ccccc3c(Cl)c2C1O. The summed E-state index contributed by atoms with van der Waals surface area (Å²) in [5.41, 5.74) is 3.18. The topological polar surface area (TPSA) is 40.5 Å². The maximum Gasteiger partial charge on any atom is 0.111 e. The lowest BCUT2D eigenvalue weighted by molar-refractivity contribution is 0.0159. The molecular weight excluding hydrogens is 284 g/mol. The summed E-state index contributed by atoms with van der Waals surface area (Å²) in [6.07, 6.45) is -1.96. The predicted octanol–water partition coefficient (Wildman–Crippen LogP) is 4.24. The van der Waals surface area contributed by atoms with Gasteiger partial charge in [-0.1, -0.05) is 60.1 Å². The Bertz CT molecular complexity index is 857. The fraction of sp³-hybridized carbons (Fsp3) is 0.111. The third-order valence-corrected chi connectivity index (χ3v) is 4.60. The molecule has 0 radical (unpaired) electrons. The molecule has 0 saturated carbocycles. The Labute approximate surface area is 127 Å². The lowest BCUT2D eigenvalue weighted by Crippen LogP contribution is -2.17. The molecule has 1 aliphatic rings. The summed E-state index contributed by atoms with van der Waals surface area (Å²) in [4.78, 5) is 0. The minimum absolute atomic E-state index is 0.518. The molecule has 0 bridgehead atoms. The number of hydrogen-bond donors (Lipinski definition) is 2. The van der Waals surface area contributed by atoms with Gasteiger partial charge < -0.3 is 10.2 Å². The number of benzene rings is 3. The van der Waals surface area contributed by atoms with Gasteiger partial charge >= 0.3 is 0 Å². The van der Waals surface area contributed by atoms with Crippen LogP contribution < -0.4 is 0 Å². The molecule has 0 saturated heterocycles. The van der Waals surface area contributed by atoms with Crippen molar-refractivity contribution in [1.82, 2.24) is 0 Å². The van der Waals surface area contributed by atoms with Crippen molar-refractivity contribution in [1.29, 1.82) is 0 Å². The van der Waals surface area contributed by atoms with Crippen LogP contribution in [0.25, 0.3) is 21.9 Å². The van der Waals surface area contributed by atoms with E-state index in [1.54, 1.807) is 0 Å². The molecule has 0 heterocycles. The quantitative estimate of drug-likeness (QED) is 0.651. The first-order chi connectivity index (χ1) is 10.2. The van der Waals surface area contributed by atoms with Crippen molar-refractivity contribution in [3.05, 3.63) is 70.7 Å². The van der Waals surface area contributed by atoms with E-state index in [0.29, 0.717) is 10.6 Å². The Hall–Kier alpha value is -1.87. The van der Waals surface area contributed by atoms with Crippen LogP contribution in [0.5, 0.6) is 0 Å². The maximum atomic E-state index is 10.5. The highest BCUT2D eigenvalue weighted by atomic mass is 35.5. The van der Waals surface area contributed by atoms with Crippen molar-refractivity contribution in [2.45, 2.75) is 12.2 Å². The molecule has 0 aliphatic heterocycles. The Balaban J connectivity index is 2.15. The second-order valence-corrected chi connectivity index (χ2v) is 5.73. The van der Waals surface area contributed by atoms with Crippen LogP contribution in [-0.4, -0.2) is 10.2 Å². The molecule has 0 fully saturated rings. The number of hydrogen-bond acceptors (Lipinski definition) is 2. The van der Waals surface area contributed by atoms with Crippen molar-refractivity contribution in [3.8, 4) is 11.1 Å². The van der Waals surface area contributed by atoms with Crippen LogP contribution in [0.15, 0.2) is 54.6 Å². The Kier molecular flexibility index (Phi) is 2.79. The zero-order valence-electron chi connectivity index (χ0n) is 11.1. The van der Waals surface area contributed by atoms with Gasteiger partial charge in [0.25, 0.3) is 0 Å². The van der Waals surface area contributed by atoms with Gasteiger partial charge in [0, 0.05) is 10.9 Å². The highest BCUT2D eigenvalue weighted by molar-refractivity contribution is 6.37. The van der Waals surface area contributed by atoms with Gasteiger partial charge in [0.2, 0.25) is 0 Å². The summed E-state index contributed by atoms with van der Waals surface area (Å²) >= 11 is 6.52. The van der Waals surface area contributed by atoms with Crippen LogP contribution in [0.4, 0.5) is 0 Å². The minimum atomic E-state index is -1.01. The first kappa shape index (κ1) is 12.8. The monoisotopic (exact) mass is 296 g/mol. The van der Waals surface area contributed by atoms with E-state index < -0.39 is 12.2 Å². The Morgan fingerprint density at radius 1 is 0.810 bits per heavy atom. The highest BCUT2D eigenvalue weighted by Crippen LogP contribution is 2.49. The minimum Gasteiger partial charge on any atom is -0.385 e. The van der Waals surface area contributed by atoms with Crippen LogP contribution >= 0.6 is 11.6 Å². The van der Waals surface area contributed by atoms with Gasteiger partial charge in [-0.15, -0.1) is 0 Å². The highest BCUT2D eigenvalue weighted by Gasteiger charge is 2.33. The Morgan fingerprint density at radius 2 is 1.52 bits per heavy atom. The maximum absolute atomic E-state index is 10.5. The summed E-state index contributed by atoms with van der Waals surface area (Å²) < 4.78 is 0. The van der Waals surface area contributed by atoms with Gasteiger partial charge in [-0.05, 0) is 28.1 Å². The third kappa shape index (κ3) is 1.74. The zero-order valence-corrected chi connectivity index (χ0v) is 11.9. The molecule has 2 unspecified atom stereocenters. The first-order valence-electron chi connectivity index (χ1n) is 6.85. The summed E-state index contributed by atoms with van der Waals surface area (Å²) in [6, 6.07) is 17.4. The van der Waals surface area contributed by atoms with Gasteiger partial charge in [0.15, 0.2) is 0 Å². The summed E-state index contributed by atoms with van der Waals surface area (Å²) in [5.74, 6) is 0. The average molecular weight is 297 g/mol. The summed E-state index contributed by atoms with van der Waals surface area (Å²) in [5, 5.41) is 23.3. The molecule has 3 heteroatoms. The largest absolute Gasteiger partial charge is 0.385 e. The van der Waals surface area contributed by atoms with Crippen LogP contribution in [-0.2, 0) is 0 Å². The van der Waals surface area contributed by atoms with Gasteiger partial charge in [0.1, 0.15) is 12.2 Å². The molecule has 2 nitrogen and oxygen atoms in total. The number of aliphatic hydroxyl groups is 2. The molecule has 21 heavy (non-hydrogen) atoms. The molecule has 3 aromatic rings. The van der Waals surface area contributed by atoms with Gasteiger partial charge in [0.05, 0.1) is 5.02 Å². The third-order valence-electron chi connectivity index (χ3n) is 4.19. The molecule has 4 rings (SSSR count). The van der Waals surface area contributed by atoms with Gasteiger partial charge in [-0.25, -0.2) is 0 Å². The Morgan fingerprint density at radius 3 is 2.38 bits per heavy atom. The second-order valence-electron chi connectivity index (χ2n) is 5.35. The molecule has 0 aromatic heterocycles. The summed E-state index contributed by atoms with van der Waals surface area (Å²) in [6.45, 7) is 0. The normalized spacial score (nSPS) is 20.1. The lowest BCUT2D eigenvalue weighted by Gasteiger charge is -2.30. The van der Waals surface area contributed by atoms with Crippen molar-refractivity contribution < 1.29 is 10.2 Å². The molecule has 1 aliphatic carbocycles. The van der Waals surface area contributed by atoms with Crippen LogP contribution in [0.1, 0.15) is 23.3 Å². The number of halogens is 1. The first-order valence-corrected chi connectivity index (χ1v) is 7.23. The smallest absolute Gasteiger partial charge is 0.111 e. The zero-order chi connectivity index (χ0) is 14.6. The molecule has 2 atom stereocenters. The van der Waals surface area contributed by atoms with E-state index in [9.17, 15) is 10.2 Å². The summed E-state index contributed by atoms with van der Waals surface area (Å²) in [7, 11) is 0. The van der Waals surface area contributed by atoms with E-state index in [0.717, 1.165) is 27.5 Å². The number of fused-ring (bicyclic) bond motifs is 4. The fourth-order valence-electron chi connectivity index (χ4n) is 3.16. The van der Waals surface area contributed by atoms with Crippen LogP contribution in [0, 0.1) is 0 Å². The van der Waals surface area contributed by atoms with Crippen LogP contribution in [0.2, 0.25) is 5.02 Å². The van der Waals surface area contributed by atoms with E-state index in [4.69, 9.17) is 11.6 Å². The second kappa shape index (κ2) is 4.57. The fourth-order valence-corrected chi connectivity index (χ4v) is 3.55. The van der Waals surface area contributed by atoms with Crippen molar-refractivity contribution in [2.24, 2.45) is 0 Å². The van der Waals surface area contributed by atoms with Crippen molar-refractivity contribution in [2.75, 3.05) is 0 Å². The van der Waals surface area contributed by atoms with E-state index in [-0.39, 0.29) is 0 Å². The lowest BCUT2D eigenvalue weighted by atomic mass is 9.81. The average Bonchev–Trinajstić information content (AvgIpc) is 2.52. The van der Waals surface area contributed by atoms with E-state index in [1.165, 1.54) is 0 Å². The predicted molar refractivity (Wildman–Crippen MR) is 84.3 cm³/mol.